The molecule has 2 heterocycles. The van der Waals surface area contributed by atoms with Crippen LogP contribution in [-0.4, -0.2) is 24.7 Å². The highest BCUT2D eigenvalue weighted by atomic mass is 16.3. The maximum absolute atomic E-state index is 10.1. The number of aliphatic hydroxyl groups is 1. The van der Waals surface area contributed by atoms with Gasteiger partial charge in [0.15, 0.2) is 0 Å². The third-order valence-electron chi connectivity index (χ3n) is 3.96. The molecule has 0 aromatic carbocycles. The van der Waals surface area contributed by atoms with Gasteiger partial charge in [-0.15, -0.1) is 0 Å². The molecular weight excluding hydrogens is 264 g/mol. The summed E-state index contributed by atoms with van der Waals surface area (Å²) < 4.78 is 3.95. The number of aliphatic hydroxyl groups excluding tert-OH is 1. The fraction of sp³-hybridized carbons (Fsp3) is 0.625. The standard InChI is InChI=1S/C16H26N4O/c1-6-12-9-13(19(5)17-12)10-20-15(8-3)16(11(4)21)14(7-2)18-20/h9,11,21H,6-8,10H2,1-5H3. The first-order valence-electron chi connectivity index (χ1n) is 7.79. The molecule has 116 valence electrons. The highest BCUT2D eigenvalue weighted by molar-refractivity contribution is 5.29. The molecule has 21 heavy (non-hydrogen) atoms. The second kappa shape index (κ2) is 6.43. The average Bonchev–Trinajstić information content (AvgIpc) is 2.99. The third-order valence-corrected chi connectivity index (χ3v) is 3.96. The van der Waals surface area contributed by atoms with Crippen LogP contribution >= 0.6 is 0 Å². The van der Waals surface area contributed by atoms with Crippen LogP contribution in [0.25, 0.3) is 0 Å². The summed E-state index contributed by atoms with van der Waals surface area (Å²) in [4.78, 5) is 0. The minimum atomic E-state index is -0.471. The summed E-state index contributed by atoms with van der Waals surface area (Å²) in [6.07, 6.45) is 2.17. The maximum atomic E-state index is 10.1. The number of aromatic nitrogens is 4. The second-order valence-electron chi connectivity index (χ2n) is 5.45. The van der Waals surface area contributed by atoms with Crippen LogP contribution in [0.15, 0.2) is 6.07 Å². The zero-order valence-corrected chi connectivity index (χ0v) is 13.7. The number of hydrogen-bond donors (Lipinski definition) is 1. The lowest BCUT2D eigenvalue weighted by molar-refractivity contribution is 0.197. The first-order chi connectivity index (χ1) is 10.0. The zero-order chi connectivity index (χ0) is 15.6. The molecule has 0 fully saturated rings. The van der Waals surface area contributed by atoms with E-state index in [9.17, 15) is 5.11 Å². The summed E-state index contributed by atoms with van der Waals surface area (Å²) in [5, 5.41) is 19.3. The monoisotopic (exact) mass is 290 g/mol. The van der Waals surface area contributed by atoms with Gasteiger partial charge in [0.1, 0.15) is 0 Å². The van der Waals surface area contributed by atoms with Crippen LogP contribution in [0, 0.1) is 0 Å². The van der Waals surface area contributed by atoms with Gasteiger partial charge in [-0.3, -0.25) is 9.36 Å². The number of rotatable bonds is 6. The molecule has 0 aliphatic heterocycles. The van der Waals surface area contributed by atoms with Gasteiger partial charge in [-0.2, -0.15) is 10.2 Å². The van der Waals surface area contributed by atoms with Crippen molar-refractivity contribution in [1.29, 1.82) is 0 Å². The lowest BCUT2D eigenvalue weighted by Gasteiger charge is -2.10. The van der Waals surface area contributed by atoms with E-state index in [0.29, 0.717) is 6.54 Å². The largest absolute Gasteiger partial charge is 0.389 e. The molecule has 0 saturated carbocycles. The summed E-state index contributed by atoms with van der Waals surface area (Å²) in [5.41, 5.74) is 5.37. The van der Waals surface area contributed by atoms with E-state index in [0.717, 1.165) is 47.6 Å². The van der Waals surface area contributed by atoms with E-state index in [4.69, 9.17) is 5.10 Å². The van der Waals surface area contributed by atoms with Gasteiger partial charge in [-0.1, -0.05) is 20.8 Å². The molecule has 0 bridgehead atoms. The van der Waals surface area contributed by atoms with E-state index in [1.165, 1.54) is 0 Å². The molecule has 1 unspecified atom stereocenters. The first kappa shape index (κ1) is 15.8. The fourth-order valence-electron chi connectivity index (χ4n) is 2.86. The van der Waals surface area contributed by atoms with Gasteiger partial charge in [0.2, 0.25) is 0 Å². The smallest absolute Gasteiger partial charge is 0.0831 e. The minimum Gasteiger partial charge on any atom is -0.389 e. The van der Waals surface area contributed by atoms with Crippen molar-refractivity contribution in [2.24, 2.45) is 7.05 Å². The van der Waals surface area contributed by atoms with E-state index in [1.807, 2.05) is 23.3 Å². The van der Waals surface area contributed by atoms with Gasteiger partial charge in [0.05, 0.1) is 29.7 Å². The van der Waals surface area contributed by atoms with Gasteiger partial charge in [0.25, 0.3) is 0 Å². The third kappa shape index (κ3) is 3.02. The number of nitrogens with zero attached hydrogens (tertiary/aromatic N) is 4. The maximum Gasteiger partial charge on any atom is 0.0831 e. The lowest BCUT2D eigenvalue weighted by atomic mass is 10.0. The predicted octanol–water partition coefficient (Wildman–Crippen LogP) is 2.41. The Bertz CT molecular complexity index is 610. The van der Waals surface area contributed by atoms with Gasteiger partial charge in [0, 0.05) is 18.3 Å². The Labute approximate surface area is 126 Å². The molecule has 0 aliphatic carbocycles. The normalized spacial score (nSPS) is 12.9. The molecule has 2 aromatic rings. The van der Waals surface area contributed by atoms with Crippen molar-refractivity contribution in [2.45, 2.75) is 59.6 Å². The molecule has 5 heteroatoms. The van der Waals surface area contributed by atoms with Crippen molar-refractivity contribution < 1.29 is 5.11 Å². The number of aryl methyl sites for hydroxylation is 3. The predicted molar refractivity (Wildman–Crippen MR) is 83.3 cm³/mol. The van der Waals surface area contributed by atoms with Crippen LogP contribution < -0.4 is 0 Å². The molecule has 0 amide bonds. The highest BCUT2D eigenvalue weighted by Crippen LogP contribution is 2.24. The Morgan fingerprint density at radius 1 is 1.14 bits per heavy atom. The molecular formula is C16H26N4O. The summed E-state index contributed by atoms with van der Waals surface area (Å²) in [7, 11) is 1.97. The van der Waals surface area contributed by atoms with Gasteiger partial charge in [-0.05, 0) is 32.3 Å². The molecule has 0 aliphatic rings. The number of hydrogen-bond acceptors (Lipinski definition) is 3. The van der Waals surface area contributed by atoms with Crippen LogP contribution in [0.2, 0.25) is 0 Å². The average molecular weight is 290 g/mol. The Balaban J connectivity index is 2.41. The van der Waals surface area contributed by atoms with Crippen LogP contribution in [-0.2, 0) is 32.9 Å². The lowest BCUT2D eigenvalue weighted by Crippen LogP contribution is -2.10. The molecule has 2 rings (SSSR count). The quantitative estimate of drug-likeness (QED) is 0.889. The SMILES string of the molecule is CCc1cc(Cn2nc(CC)c(C(C)O)c2CC)n(C)n1. The van der Waals surface area contributed by atoms with Crippen molar-refractivity contribution >= 4 is 0 Å². The van der Waals surface area contributed by atoms with E-state index in [1.54, 1.807) is 0 Å². The topological polar surface area (TPSA) is 55.9 Å². The molecule has 0 radical (unpaired) electrons. The molecule has 1 atom stereocenters. The first-order valence-corrected chi connectivity index (χ1v) is 7.79. The van der Waals surface area contributed by atoms with Crippen LogP contribution in [0.1, 0.15) is 62.1 Å². The van der Waals surface area contributed by atoms with E-state index in [-0.39, 0.29) is 0 Å². The van der Waals surface area contributed by atoms with Crippen LogP contribution in [0.3, 0.4) is 0 Å². The van der Waals surface area contributed by atoms with Crippen molar-refractivity contribution in [3.05, 3.63) is 34.4 Å². The van der Waals surface area contributed by atoms with E-state index >= 15 is 0 Å². The van der Waals surface area contributed by atoms with Gasteiger partial charge >= 0.3 is 0 Å². The summed E-state index contributed by atoms with van der Waals surface area (Å²) in [6.45, 7) is 8.82. The van der Waals surface area contributed by atoms with Gasteiger partial charge in [-0.25, -0.2) is 0 Å². The Morgan fingerprint density at radius 3 is 2.33 bits per heavy atom. The zero-order valence-electron chi connectivity index (χ0n) is 13.7. The van der Waals surface area contributed by atoms with Crippen molar-refractivity contribution in [3.63, 3.8) is 0 Å². The summed E-state index contributed by atoms with van der Waals surface area (Å²) >= 11 is 0. The molecule has 2 aromatic heterocycles. The van der Waals surface area contributed by atoms with Crippen molar-refractivity contribution in [2.75, 3.05) is 0 Å². The van der Waals surface area contributed by atoms with Crippen LogP contribution in [0.5, 0.6) is 0 Å². The van der Waals surface area contributed by atoms with E-state index < -0.39 is 6.10 Å². The fourth-order valence-corrected chi connectivity index (χ4v) is 2.86. The summed E-state index contributed by atoms with van der Waals surface area (Å²) in [5.74, 6) is 0. The molecule has 0 saturated heterocycles. The molecule has 5 nitrogen and oxygen atoms in total. The Kier molecular flexibility index (Phi) is 4.83. The molecule has 1 N–H and O–H groups in total. The summed E-state index contributed by atoms with van der Waals surface area (Å²) in [6, 6.07) is 2.13. The Morgan fingerprint density at radius 2 is 1.86 bits per heavy atom. The molecule has 0 spiro atoms. The van der Waals surface area contributed by atoms with Crippen molar-refractivity contribution in [3.8, 4) is 0 Å². The van der Waals surface area contributed by atoms with Crippen LogP contribution in [0.4, 0.5) is 0 Å². The Hall–Kier alpha value is -1.62. The van der Waals surface area contributed by atoms with E-state index in [2.05, 4.69) is 31.9 Å². The highest BCUT2D eigenvalue weighted by Gasteiger charge is 2.20. The van der Waals surface area contributed by atoms with Gasteiger partial charge < -0.3 is 5.11 Å². The van der Waals surface area contributed by atoms with Crippen molar-refractivity contribution in [1.82, 2.24) is 19.6 Å². The minimum absolute atomic E-state index is 0.471. The second-order valence-corrected chi connectivity index (χ2v) is 5.45.